The predicted octanol–water partition coefficient (Wildman–Crippen LogP) is 6.50. The molecule has 0 saturated heterocycles. The monoisotopic (exact) mass is 556 g/mol. The maximum Gasteiger partial charge on any atom is 0.508 e. The van der Waals surface area contributed by atoms with Crippen LogP contribution in [0.15, 0.2) is 29.6 Å². The zero-order valence-corrected chi connectivity index (χ0v) is 23.5. The standard InChI is InChI=1S/C29H36N2O7S/c1-4-7-20-23(12-9-18-10-14-25(37-26(18)20)38-29(32)33)35-15-6-16-36-24-13-11-19(22-17-39-28(30)31-22)27(34-3)21(24)8-5-2/h9,11-13,17,25H,4-8,10,14-16H2,1-3H3,(H2,30,31)(H,32,33). The van der Waals surface area contributed by atoms with Crippen molar-refractivity contribution in [3.8, 4) is 34.3 Å². The van der Waals surface area contributed by atoms with E-state index in [1.54, 1.807) is 7.11 Å². The van der Waals surface area contributed by atoms with Crippen LogP contribution in [0.5, 0.6) is 23.0 Å². The van der Waals surface area contributed by atoms with Gasteiger partial charge in [-0.1, -0.05) is 32.8 Å². The van der Waals surface area contributed by atoms with Crippen LogP contribution in [-0.4, -0.2) is 42.9 Å². The van der Waals surface area contributed by atoms with E-state index in [4.69, 9.17) is 34.5 Å². The molecule has 3 aromatic rings. The number of rotatable bonds is 13. The second kappa shape index (κ2) is 13.4. The van der Waals surface area contributed by atoms with Gasteiger partial charge in [-0.05, 0) is 43.0 Å². The van der Waals surface area contributed by atoms with Gasteiger partial charge in [-0.25, -0.2) is 9.78 Å². The Kier molecular flexibility index (Phi) is 9.75. The maximum atomic E-state index is 11.0. The van der Waals surface area contributed by atoms with Crippen LogP contribution < -0.4 is 24.7 Å². The van der Waals surface area contributed by atoms with Gasteiger partial charge in [-0.3, -0.25) is 0 Å². The first-order chi connectivity index (χ1) is 18.9. The van der Waals surface area contributed by atoms with Gasteiger partial charge in [0.1, 0.15) is 23.0 Å². The summed E-state index contributed by atoms with van der Waals surface area (Å²) in [5, 5.41) is 11.4. The highest BCUT2D eigenvalue weighted by molar-refractivity contribution is 7.13. The molecule has 4 rings (SSSR count). The van der Waals surface area contributed by atoms with Gasteiger partial charge in [0.2, 0.25) is 6.29 Å². The van der Waals surface area contributed by atoms with Crippen molar-refractivity contribution in [2.45, 2.75) is 65.1 Å². The summed E-state index contributed by atoms with van der Waals surface area (Å²) >= 11 is 1.40. The van der Waals surface area contributed by atoms with Crippen LogP contribution in [0.1, 0.15) is 56.2 Å². The highest BCUT2D eigenvalue weighted by Gasteiger charge is 2.27. The van der Waals surface area contributed by atoms with Crippen molar-refractivity contribution in [1.29, 1.82) is 0 Å². The van der Waals surface area contributed by atoms with Gasteiger partial charge < -0.3 is 34.5 Å². The molecule has 0 bridgehead atoms. The third-order valence-corrected chi connectivity index (χ3v) is 7.13. The normalized spacial score (nSPS) is 14.3. The average Bonchev–Trinajstić information content (AvgIpc) is 3.35. The lowest BCUT2D eigenvalue weighted by Crippen LogP contribution is -2.28. The number of thiazole rings is 1. The van der Waals surface area contributed by atoms with E-state index in [2.05, 4.69) is 18.8 Å². The Labute approximate surface area is 232 Å². The number of nitrogen functional groups attached to an aromatic ring is 1. The Hall–Kier alpha value is -3.66. The highest BCUT2D eigenvalue weighted by Crippen LogP contribution is 2.40. The number of benzene rings is 2. The van der Waals surface area contributed by atoms with Gasteiger partial charge in [-0.15, -0.1) is 11.3 Å². The average molecular weight is 557 g/mol. The molecule has 0 spiro atoms. The molecule has 0 aliphatic carbocycles. The number of carbonyl (C=O) groups is 1. The van der Waals surface area contributed by atoms with Crippen LogP contribution in [0.2, 0.25) is 0 Å². The van der Waals surface area contributed by atoms with Gasteiger partial charge in [0.05, 0.1) is 26.0 Å². The van der Waals surface area contributed by atoms with E-state index in [1.807, 2.05) is 29.6 Å². The van der Waals surface area contributed by atoms with E-state index in [0.29, 0.717) is 43.4 Å². The van der Waals surface area contributed by atoms with Gasteiger partial charge in [-0.2, -0.15) is 0 Å². The van der Waals surface area contributed by atoms with Crippen LogP contribution >= 0.6 is 11.3 Å². The topological polar surface area (TPSA) is 122 Å². The maximum absolute atomic E-state index is 11.0. The number of aryl methyl sites for hydroxylation is 1. The summed E-state index contributed by atoms with van der Waals surface area (Å²) in [7, 11) is 1.66. The van der Waals surface area contributed by atoms with Gasteiger partial charge in [0, 0.05) is 34.9 Å². The van der Waals surface area contributed by atoms with Crippen molar-refractivity contribution in [3.63, 3.8) is 0 Å². The number of nitrogens with two attached hydrogens (primary N) is 1. The largest absolute Gasteiger partial charge is 0.508 e. The smallest absolute Gasteiger partial charge is 0.496 e. The molecular weight excluding hydrogens is 520 g/mol. The molecule has 9 nitrogen and oxygen atoms in total. The van der Waals surface area contributed by atoms with E-state index in [-0.39, 0.29) is 0 Å². The van der Waals surface area contributed by atoms with Gasteiger partial charge >= 0.3 is 6.16 Å². The molecule has 1 atom stereocenters. The SMILES string of the molecule is CCCc1c(OCCCOc2ccc(-c3csc(N)n3)c(OC)c2CCC)ccc2c1OC(OC(=O)O)CC2. The third kappa shape index (κ3) is 6.86. The van der Waals surface area contributed by atoms with Crippen LogP contribution in [0, 0.1) is 0 Å². The predicted molar refractivity (Wildman–Crippen MR) is 150 cm³/mol. The van der Waals surface area contributed by atoms with E-state index in [9.17, 15) is 4.79 Å². The number of methoxy groups -OCH3 is 1. The molecule has 0 radical (unpaired) electrons. The van der Waals surface area contributed by atoms with E-state index >= 15 is 0 Å². The molecule has 3 N–H and O–H groups in total. The Morgan fingerprint density at radius 1 is 1.10 bits per heavy atom. The van der Waals surface area contributed by atoms with Crippen molar-refractivity contribution in [2.24, 2.45) is 0 Å². The summed E-state index contributed by atoms with van der Waals surface area (Å²) in [6.07, 6.45) is 3.12. The number of hydrogen-bond acceptors (Lipinski definition) is 9. The number of fused-ring (bicyclic) bond motifs is 1. The molecule has 2 heterocycles. The molecule has 0 saturated carbocycles. The fourth-order valence-corrected chi connectivity index (χ4v) is 5.35. The molecule has 1 aliphatic heterocycles. The lowest BCUT2D eigenvalue weighted by atomic mass is 9.98. The lowest BCUT2D eigenvalue weighted by molar-refractivity contribution is -0.0640. The van der Waals surface area contributed by atoms with Gasteiger partial charge in [0.25, 0.3) is 0 Å². The molecular formula is C29H36N2O7S. The quantitative estimate of drug-likeness (QED) is 0.179. The van der Waals surface area contributed by atoms with Crippen molar-refractivity contribution in [2.75, 3.05) is 26.1 Å². The van der Waals surface area contributed by atoms with E-state index < -0.39 is 12.4 Å². The summed E-state index contributed by atoms with van der Waals surface area (Å²) in [6.45, 7) is 5.14. The first-order valence-corrected chi connectivity index (χ1v) is 14.2. The molecule has 1 aromatic heterocycles. The lowest BCUT2D eigenvalue weighted by Gasteiger charge is -2.27. The van der Waals surface area contributed by atoms with Crippen molar-refractivity contribution in [3.05, 3.63) is 46.3 Å². The van der Waals surface area contributed by atoms with E-state index in [1.165, 1.54) is 11.3 Å². The molecule has 2 aromatic carbocycles. The molecule has 1 aliphatic rings. The first-order valence-electron chi connectivity index (χ1n) is 13.3. The number of hydrogen-bond donors (Lipinski definition) is 2. The van der Waals surface area contributed by atoms with Crippen LogP contribution in [0.4, 0.5) is 9.93 Å². The number of carboxylic acid groups (broad SMARTS) is 1. The van der Waals surface area contributed by atoms with Gasteiger partial charge in [0.15, 0.2) is 5.13 Å². The Bertz CT molecular complexity index is 1280. The van der Waals surface area contributed by atoms with Crippen molar-refractivity contribution < 1.29 is 33.6 Å². The van der Waals surface area contributed by atoms with Crippen LogP contribution in [0.3, 0.4) is 0 Å². The van der Waals surface area contributed by atoms with Crippen molar-refractivity contribution in [1.82, 2.24) is 4.98 Å². The number of nitrogens with zero attached hydrogens (tertiary/aromatic N) is 1. The Morgan fingerprint density at radius 2 is 1.79 bits per heavy atom. The minimum atomic E-state index is -1.34. The summed E-state index contributed by atoms with van der Waals surface area (Å²) in [5.41, 5.74) is 10.5. The molecule has 210 valence electrons. The fraction of sp³-hybridized carbons (Fsp3) is 0.448. The first kappa shape index (κ1) is 28.4. The zero-order valence-electron chi connectivity index (χ0n) is 22.7. The molecule has 0 amide bonds. The van der Waals surface area contributed by atoms with Crippen LogP contribution in [0.25, 0.3) is 11.3 Å². The fourth-order valence-electron chi connectivity index (χ4n) is 4.78. The highest BCUT2D eigenvalue weighted by atomic mass is 32.1. The number of aromatic nitrogens is 1. The molecule has 10 heteroatoms. The minimum absolute atomic E-state index is 0.459. The summed E-state index contributed by atoms with van der Waals surface area (Å²) < 4.78 is 28.9. The number of anilines is 1. The molecule has 0 fully saturated rings. The minimum Gasteiger partial charge on any atom is -0.496 e. The molecule has 1 unspecified atom stereocenters. The number of ether oxygens (including phenoxy) is 5. The second-order valence-corrected chi connectivity index (χ2v) is 10.1. The van der Waals surface area contributed by atoms with Crippen molar-refractivity contribution >= 4 is 22.6 Å². The Morgan fingerprint density at radius 3 is 2.44 bits per heavy atom. The summed E-state index contributed by atoms with van der Waals surface area (Å²) in [4.78, 5) is 15.4. The Balaban J connectivity index is 1.41. The molecule has 39 heavy (non-hydrogen) atoms. The zero-order chi connectivity index (χ0) is 27.8. The summed E-state index contributed by atoms with van der Waals surface area (Å²) in [5.74, 6) is 2.98. The summed E-state index contributed by atoms with van der Waals surface area (Å²) in [6, 6.07) is 7.89. The second-order valence-electron chi connectivity index (χ2n) is 9.24. The van der Waals surface area contributed by atoms with E-state index in [0.717, 1.165) is 70.9 Å². The third-order valence-electron chi connectivity index (χ3n) is 6.45. The van der Waals surface area contributed by atoms with Crippen LogP contribution in [-0.2, 0) is 24.0 Å².